The molecular weight excluding hydrogens is 270 g/mol. The van der Waals surface area contributed by atoms with Gasteiger partial charge < -0.3 is 15.0 Å². The van der Waals surface area contributed by atoms with Crippen LogP contribution in [0.4, 0.5) is 0 Å². The molecule has 1 heterocycles. The zero-order valence-corrected chi connectivity index (χ0v) is 11.6. The number of carbonyl (C=O) groups excluding carboxylic acids is 1. The topological polar surface area (TPSA) is 114 Å². The Balaban J connectivity index is 2.36. The first-order valence-electron chi connectivity index (χ1n) is 5.93. The number of hydrogen-bond acceptors (Lipinski definition) is 4. The van der Waals surface area contributed by atoms with Crippen LogP contribution in [0.3, 0.4) is 0 Å². The number of unbranched alkanes of at least 4 members (excludes halogenated alkanes) is 2. The van der Waals surface area contributed by atoms with Crippen LogP contribution in [-0.2, 0) is 14.8 Å². The minimum Gasteiger partial charge on any atom is -0.385 e. The standard InChI is InChI=1S/C11H19N3O4S/c1-18-6-4-2-3-5-13-11(15)10-7-9(8-14-10)19(12,16)17/h7-8,14H,2-6H2,1H3,(H,13,15)(H2,12,16,17). The number of aromatic nitrogens is 1. The second-order valence-electron chi connectivity index (χ2n) is 4.10. The van der Waals surface area contributed by atoms with E-state index in [9.17, 15) is 13.2 Å². The second kappa shape index (κ2) is 7.27. The molecule has 7 nitrogen and oxygen atoms in total. The summed E-state index contributed by atoms with van der Waals surface area (Å²) >= 11 is 0. The van der Waals surface area contributed by atoms with Crippen molar-refractivity contribution >= 4 is 15.9 Å². The Bertz CT molecular complexity index is 510. The molecule has 19 heavy (non-hydrogen) atoms. The third-order valence-electron chi connectivity index (χ3n) is 2.54. The van der Waals surface area contributed by atoms with Gasteiger partial charge in [0.05, 0.1) is 4.90 Å². The molecule has 0 spiro atoms. The van der Waals surface area contributed by atoms with Gasteiger partial charge in [0, 0.05) is 26.5 Å². The van der Waals surface area contributed by atoms with Crippen LogP contribution in [0.1, 0.15) is 29.8 Å². The summed E-state index contributed by atoms with van der Waals surface area (Å²) in [5.41, 5.74) is 0.181. The molecule has 0 radical (unpaired) electrons. The first kappa shape index (κ1) is 15.7. The van der Waals surface area contributed by atoms with E-state index < -0.39 is 10.0 Å². The monoisotopic (exact) mass is 289 g/mol. The number of primary sulfonamides is 1. The summed E-state index contributed by atoms with van der Waals surface area (Å²) in [7, 11) is -2.13. The largest absolute Gasteiger partial charge is 0.385 e. The minimum atomic E-state index is -3.78. The van der Waals surface area contributed by atoms with Crippen LogP contribution < -0.4 is 10.5 Å². The first-order chi connectivity index (χ1) is 8.95. The second-order valence-corrected chi connectivity index (χ2v) is 5.66. The Labute approximate surface area is 112 Å². The maximum atomic E-state index is 11.7. The smallest absolute Gasteiger partial charge is 0.267 e. The van der Waals surface area contributed by atoms with E-state index in [1.54, 1.807) is 7.11 Å². The molecule has 0 fully saturated rings. The molecule has 0 atom stereocenters. The Morgan fingerprint density at radius 1 is 1.42 bits per heavy atom. The third kappa shape index (κ3) is 5.41. The normalized spacial score (nSPS) is 11.5. The molecule has 1 amide bonds. The summed E-state index contributed by atoms with van der Waals surface area (Å²) in [5.74, 6) is -0.346. The number of nitrogens with one attached hydrogen (secondary N) is 2. The number of methoxy groups -OCH3 is 1. The van der Waals surface area contributed by atoms with Crippen LogP contribution in [0, 0.1) is 0 Å². The lowest BCUT2D eigenvalue weighted by atomic mass is 10.2. The highest BCUT2D eigenvalue weighted by Gasteiger charge is 2.14. The van der Waals surface area contributed by atoms with Gasteiger partial charge >= 0.3 is 0 Å². The minimum absolute atomic E-state index is 0.0993. The lowest BCUT2D eigenvalue weighted by Crippen LogP contribution is -2.24. The number of H-pyrrole nitrogens is 1. The maximum absolute atomic E-state index is 11.7. The molecule has 0 aliphatic heterocycles. The molecule has 0 saturated heterocycles. The van der Waals surface area contributed by atoms with Crippen molar-refractivity contribution in [1.29, 1.82) is 0 Å². The van der Waals surface area contributed by atoms with Gasteiger partial charge in [-0.05, 0) is 25.3 Å². The summed E-state index contributed by atoms with van der Waals surface area (Å²) in [6.45, 7) is 1.24. The molecule has 0 bridgehead atoms. The van der Waals surface area contributed by atoms with Crippen molar-refractivity contribution < 1.29 is 17.9 Å². The summed E-state index contributed by atoms with van der Waals surface area (Å²) in [6, 6.07) is 1.22. The van der Waals surface area contributed by atoms with Crippen molar-refractivity contribution in [2.45, 2.75) is 24.2 Å². The molecule has 4 N–H and O–H groups in total. The van der Waals surface area contributed by atoms with Crippen LogP contribution in [0.15, 0.2) is 17.2 Å². The molecule has 1 aromatic rings. The Morgan fingerprint density at radius 3 is 2.74 bits per heavy atom. The fourth-order valence-electron chi connectivity index (χ4n) is 1.52. The fraction of sp³-hybridized carbons (Fsp3) is 0.545. The first-order valence-corrected chi connectivity index (χ1v) is 7.48. The molecule has 1 aromatic heterocycles. The average Bonchev–Trinajstić information content (AvgIpc) is 2.82. The summed E-state index contributed by atoms with van der Waals surface area (Å²) in [6.07, 6.45) is 3.95. The van der Waals surface area contributed by atoms with Crippen molar-refractivity contribution in [2.24, 2.45) is 5.14 Å². The number of nitrogens with two attached hydrogens (primary N) is 1. The molecule has 0 aliphatic rings. The quantitative estimate of drug-likeness (QED) is 0.593. The van der Waals surface area contributed by atoms with E-state index in [2.05, 4.69) is 10.3 Å². The van der Waals surface area contributed by atoms with E-state index in [0.29, 0.717) is 13.2 Å². The number of amides is 1. The van der Waals surface area contributed by atoms with Crippen molar-refractivity contribution in [3.05, 3.63) is 18.0 Å². The number of sulfonamides is 1. The van der Waals surface area contributed by atoms with E-state index in [-0.39, 0.29) is 16.5 Å². The molecule has 0 unspecified atom stereocenters. The van der Waals surface area contributed by atoms with Gasteiger partial charge in [0.1, 0.15) is 5.69 Å². The lowest BCUT2D eigenvalue weighted by Gasteiger charge is -2.03. The summed E-state index contributed by atoms with van der Waals surface area (Å²) < 4.78 is 27.0. The predicted molar refractivity (Wildman–Crippen MR) is 70.2 cm³/mol. The molecule has 0 saturated carbocycles. The van der Waals surface area contributed by atoms with Gasteiger partial charge in [-0.2, -0.15) is 0 Å². The van der Waals surface area contributed by atoms with Crippen LogP contribution >= 0.6 is 0 Å². The number of rotatable bonds is 8. The van der Waals surface area contributed by atoms with E-state index >= 15 is 0 Å². The van der Waals surface area contributed by atoms with Gasteiger partial charge in [0.2, 0.25) is 10.0 Å². The van der Waals surface area contributed by atoms with Gasteiger partial charge in [0.25, 0.3) is 5.91 Å². The molecule has 1 rings (SSSR count). The van der Waals surface area contributed by atoms with Crippen molar-refractivity contribution in [1.82, 2.24) is 10.3 Å². The average molecular weight is 289 g/mol. The van der Waals surface area contributed by atoms with Gasteiger partial charge in [-0.3, -0.25) is 4.79 Å². The van der Waals surface area contributed by atoms with Crippen LogP contribution in [0.5, 0.6) is 0 Å². The predicted octanol–water partition coefficient (Wildman–Crippen LogP) is 0.209. The molecule has 8 heteroatoms. The number of ether oxygens (including phenoxy) is 1. The fourth-order valence-corrected chi connectivity index (χ4v) is 2.02. The molecule has 0 aromatic carbocycles. The van der Waals surface area contributed by atoms with Crippen molar-refractivity contribution in [3.63, 3.8) is 0 Å². The highest BCUT2D eigenvalue weighted by Crippen LogP contribution is 2.08. The van der Waals surface area contributed by atoms with Gasteiger partial charge in [0.15, 0.2) is 0 Å². The number of hydrogen-bond donors (Lipinski definition) is 3. The number of aromatic amines is 1. The van der Waals surface area contributed by atoms with E-state index in [1.165, 1.54) is 12.3 Å². The zero-order valence-electron chi connectivity index (χ0n) is 10.8. The van der Waals surface area contributed by atoms with Crippen molar-refractivity contribution in [2.75, 3.05) is 20.3 Å². The van der Waals surface area contributed by atoms with Crippen molar-refractivity contribution in [3.8, 4) is 0 Å². The Hall–Kier alpha value is -1.38. The van der Waals surface area contributed by atoms with E-state index in [1.807, 2.05) is 0 Å². The third-order valence-corrected chi connectivity index (χ3v) is 3.43. The van der Waals surface area contributed by atoms with Gasteiger partial charge in [-0.15, -0.1) is 0 Å². The summed E-state index contributed by atoms with van der Waals surface area (Å²) in [5, 5.41) is 7.64. The van der Waals surface area contributed by atoms with Gasteiger partial charge in [-0.1, -0.05) is 0 Å². The maximum Gasteiger partial charge on any atom is 0.267 e. The molecular formula is C11H19N3O4S. The highest BCUT2D eigenvalue weighted by atomic mass is 32.2. The Kier molecular flexibility index (Phi) is 6.00. The van der Waals surface area contributed by atoms with E-state index in [0.717, 1.165) is 19.3 Å². The highest BCUT2D eigenvalue weighted by molar-refractivity contribution is 7.89. The van der Waals surface area contributed by atoms with Gasteiger partial charge in [-0.25, -0.2) is 13.6 Å². The lowest BCUT2D eigenvalue weighted by molar-refractivity contribution is 0.0948. The number of carbonyl (C=O) groups is 1. The Morgan fingerprint density at radius 2 is 2.16 bits per heavy atom. The van der Waals surface area contributed by atoms with Crippen LogP contribution in [0.25, 0.3) is 0 Å². The summed E-state index contributed by atoms with van der Waals surface area (Å²) in [4.78, 5) is 14.2. The van der Waals surface area contributed by atoms with E-state index in [4.69, 9.17) is 9.88 Å². The SMILES string of the molecule is COCCCCCNC(=O)c1cc(S(N)(=O)=O)c[nH]1. The zero-order chi connectivity index (χ0) is 14.3. The van der Waals surface area contributed by atoms with Crippen LogP contribution in [0.2, 0.25) is 0 Å². The van der Waals surface area contributed by atoms with Crippen LogP contribution in [-0.4, -0.2) is 39.6 Å². The molecule has 0 aliphatic carbocycles. The molecule has 108 valence electrons.